The predicted molar refractivity (Wildman–Crippen MR) is 93.4 cm³/mol. The molecule has 2 aliphatic rings. The number of nitrogen functional groups attached to an aromatic ring is 1. The van der Waals surface area contributed by atoms with Gasteiger partial charge in [0.05, 0.1) is 0 Å². The van der Waals surface area contributed by atoms with Crippen molar-refractivity contribution in [2.75, 3.05) is 22.6 Å². The van der Waals surface area contributed by atoms with E-state index in [1.165, 1.54) is 11.0 Å². The number of amides is 1. The average molecular weight is 341 g/mol. The van der Waals surface area contributed by atoms with Crippen molar-refractivity contribution < 1.29 is 4.79 Å². The Morgan fingerprint density at radius 2 is 2.12 bits per heavy atom. The van der Waals surface area contributed by atoms with Crippen LogP contribution >= 0.6 is 0 Å². The summed E-state index contributed by atoms with van der Waals surface area (Å²) in [5.74, 6) is 0.501. The Balaban J connectivity index is 1.86. The van der Waals surface area contributed by atoms with Crippen LogP contribution in [0.3, 0.4) is 0 Å². The minimum absolute atomic E-state index is 0.229. The Bertz CT molecular complexity index is 939. The number of nitrogens with one attached hydrogen (secondary N) is 2. The van der Waals surface area contributed by atoms with Crippen molar-refractivity contribution in [2.24, 2.45) is 0 Å². The van der Waals surface area contributed by atoms with Gasteiger partial charge in [0.2, 0.25) is 0 Å². The van der Waals surface area contributed by atoms with Crippen LogP contribution in [-0.2, 0) is 0 Å². The smallest absolute Gasteiger partial charge is 0.293 e. The van der Waals surface area contributed by atoms with Crippen molar-refractivity contribution in [3.63, 3.8) is 0 Å². The molecular formula is C16H19N7O2. The monoisotopic (exact) mass is 341 g/mol. The Hall–Kier alpha value is -3.10. The fourth-order valence-electron chi connectivity index (χ4n) is 3.60. The van der Waals surface area contributed by atoms with E-state index >= 15 is 0 Å². The number of nitrogens with zero attached hydrogens (tertiary/aromatic N) is 4. The van der Waals surface area contributed by atoms with Gasteiger partial charge in [-0.3, -0.25) is 14.6 Å². The number of hydrogen-bond donors (Lipinski definition) is 3. The van der Waals surface area contributed by atoms with Crippen molar-refractivity contribution in [3.8, 4) is 0 Å². The number of pyridine rings is 1. The molecule has 1 atom stereocenters. The first-order valence-electron chi connectivity index (χ1n) is 8.11. The van der Waals surface area contributed by atoms with Gasteiger partial charge < -0.3 is 16.4 Å². The van der Waals surface area contributed by atoms with E-state index in [9.17, 15) is 9.59 Å². The van der Waals surface area contributed by atoms with Gasteiger partial charge in [-0.2, -0.15) is 0 Å². The van der Waals surface area contributed by atoms with E-state index in [1.54, 1.807) is 12.1 Å². The Labute approximate surface area is 143 Å². The van der Waals surface area contributed by atoms with E-state index in [0.29, 0.717) is 35.1 Å². The van der Waals surface area contributed by atoms with E-state index in [4.69, 9.17) is 5.73 Å². The number of fused-ring (bicyclic) bond motifs is 3. The SMILES string of the molecule is Cc1cc(Nc2cc(N)ncn2)c(=O)n2c1C(=O)NC1(C)CCCN21. The number of rotatable bonds is 2. The molecule has 0 aromatic carbocycles. The van der Waals surface area contributed by atoms with Gasteiger partial charge in [-0.1, -0.05) is 0 Å². The summed E-state index contributed by atoms with van der Waals surface area (Å²) in [6, 6.07) is 3.20. The molecule has 1 saturated heterocycles. The molecule has 9 nitrogen and oxygen atoms in total. The Morgan fingerprint density at radius 1 is 1.32 bits per heavy atom. The zero-order valence-corrected chi connectivity index (χ0v) is 14.0. The summed E-state index contributed by atoms with van der Waals surface area (Å²) in [5, 5.41) is 7.94. The number of aromatic nitrogens is 3. The maximum absolute atomic E-state index is 13.1. The molecule has 0 aliphatic carbocycles. The number of carbonyl (C=O) groups excluding carboxylic acids is 1. The van der Waals surface area contributed by atoms with E-state index in [-0.39, 0.29) is 11.5 Å². The molecule has 0 spiro atoms. The second-order valence-electron chi connectivity index (χ2n) is 6.61. The summed E-state index contributed by atoms with van der Waals surface area (Å²) >= 11 is 0. The third kappa shape index (κ3) is 2.31. The molecule has 130 valence electrons. The molecule has 4 rings (SSSR count). The van der Waals surface area contributed by atoms with Gasteiger partial charge in [0.25, 0.3) is 11.5 Å². The first-order valence-corrected chi connectivity index (χ1v) is 8.11. The van der Waals surface area contributed by atoms with Gasteiger partial charge >= 0.3 is 0 Å². The molecule has 0 radical (unpaired) electrons. The van der Waals surface area contributed by atoms with Crippen LogP contribution in [0, 0.1) is 6.92 Å². The van der Waals surface area contributed by atoms with Crippen LogP contribution in [0.25, 0.3) is 0 Å². The van der Waals surface area contributed by atoms with Crippen molar-refractivity contribution in [1.29, 1.82) is 0 Å². The molecule has 1 unspecified atom stereocenters. The molecule has 2 aromatic rings. The molecule has 2 aliphatic heterocycles. The minimum atomic E-state index is -0.543. The third-order valence-electron chi connectivity index (χ3n) is 4.76. The minimum Gasteiger partial charge on any atom is -0.384 e. The molecule has 9 heteroatoms. The van der Waals surface area contributed by atoms with Gasteiger partial charge in [0.1, 0.15) is 35.0 Å². The first-order chi connectivity index (χ1) is 11.9. The number of aryl methyl sites for hydroxylation is 1. The number of carbonyl (C=O) groups is 1. The normalized spacial score (nSPS) is 21.5. The lowest BCUT2D eigenvalue weighted by atomic mass is 10.1. The second kappa shape index (κ2) is 5.20. The highest BCUT2D eigenvalue weighted by Crippen LogP contribution is 2.30. The molecule has 0 saturated carbocycles. The van der Waals surface area contributed by atoms with Gasteiger partial charge in [-0.25, -0.2) is 14.6 Å². The maximum Gasteiger partial charge on any atom is 0.293 e. The highest BCUT2D eigenvalue weighted by Gasteiger charge is 2.45. The zero-order chi connectivity index (χ0) is 17.8. The molecule has 1 amide bonds. The lowest BCUT2D eigenvalue weighted by Crippen LogP contribution is -2.67. The maximum atomic E-state index is 13.1. The van der Waals surface area contributed by atoms with Crippen molar-refractivity contribution in [3.05, 3.63) is 40.1 Å². The van der Waals surface area contributed by atoms with Crippen LogP contribution in [0.4, 0.5) is 17.3 Å². The van der Waals surface area contributed by atoms with Crippen LogP contribution in [0.1, 0.15) is 35.8 Å². The summed E-state index contributed by atoms with van der Waals surface area (Å²) in [7, 11) is 0. The highest BCUT2D eigenvalue weighted by molar-refractivity contribution is 5.96. The van der Waals surface area contributed by atoms with Gasteiger partial charge in [0, 0.05) is 12.6 Å². The molecule has 1 fully saturated rings. The topological polar surface area (TPSA) is 118 Å². The number of anilines is 3. The predicted octanol–water partition coefficient (Wildman–Crippen LogP) is 0.464. The lowest BCUT2D eigenvalue weighted by molar-refractivity contribution is 0.0850. The fourth-order valence-corrected chi connectivity index (χ4v) is 3.60. The largest absolute Gasteiger partial charge is 0.384 e. The molecule has 4 heterocycles. The zero-order valence-electron chi connectivity index (χ0n) is 14.0. The van der Waals surface area contributed by atoms with E-state index in [2.05, 4.69) is 20.6 Å². The van der Waals surface area contributed by atoms with E-state index in [0.717, 1.165) is 12.8 Å². The van der Waals surface area contributed by atoms with Crippen molar-refractivity contribution in [2.45, 2.75) is 32.4 Å². The van der Waals surface area contributed by atoms with Crippen LogP contribution in [0.15, 0.2) is 23.3 Å². The fraction of sp³-hybridized carbons (Fsp3) is 0.375. The standard InChI is InChI=1S/C16H19N7O2/c1-9-6-10(20-12-7-11(17)18-8-19-12)15(25)23-13(9)14(24)21-16(2)4-3-5-22(16)23/h6-8H,3-5H2,1-2H3,(H,21,24)(H3,17,18,19,20). The van der Waals surface area contributed by atoms with Crippen molar-refractivity contribution in [1.82, 2.24) is 20.0 Å². The Morgan fingerprint density at radius 3 is 2.88 bits per heavy atom. The van der Waals surface area contributed by atoms with Gasteiger partial charge in [-0.05, 0) is 38.3 Å². The van der Waals surface area contributed by atoms with E-state index < -0.39 is 5.66 Å². The van der Waals surface area contributed by atoms with Crippen LogP contribution < -0.4 is 26.9 Å². The third-order valence-corrected chi connectivity index (χ3v) is 4.76. The second-order valence-corrected chi connectivity index (χ2v) is 6.61. The summed E-state index contributed by atoms with van der Waals surface area (Å²) in [6.07, 6.45) is 3.02. The number of nitrogens with two attached hydrogens (primary N) is 1. The quantitative estimate of drug-likeness (QED) is 0.726. The van der Waals surface area contributed by atoms with Crippen molar-refractivity contribution >= 4 is 23.2 Å². The van der Waals surface area contributed by atoms with Crippen LogP contribution in [0.5, 0.6) is 0 Å². The molecule has 0 bridgehead atoms. The summed E-state index contributed by atoms with van der Waals surface area (Å²) in [4.78, 5) is 33.6. The molecular weight excluding hydrogens is 322 g/mol. The lowest BCUT2D eigenvalue weighted by Gasteiger charge is -2.43. The summed E-state index contributed by atoms with van der Waals surface area (Å²) in [5.41, 5.74) is 6.24. The summed E-state index contributed by atoms with van der Waals surface area (Å²) < 4.78 is 1.49. The van der Waals surface area contributed by atoms with Gasteiger partial charge in [0.15, 0.2) is 0 Å². The van der Waals surface area contributed by atoms with Crippen LogP contribution in [0.2, 0.25) is 0 Å². The number of hydrogen-bond acceptors (Lipinski definition) is 7. The first kappa shape index (κ1) is 15.4. The van der Waals surface area contributed by atoms with Gasteiger partial charge in [-0.15, -0.1) is 0 Å². The van der Waals surface area contributed by atoms with E-state index in [1.807, 2.05) is 18.9 Å². The molecule has 2 aromatic heterocycles. The molecule has 25 heavy (non-hydrogen) atoms. The van der Waals surface area contributed by atoms with Crippen LogP contribution in [-0.4, -0.2) is 32.8 Å². The molecule has 4 N–H and O–H groups in total. The Kier molecular flexibility index (Phi) is 3.21. The summed E-state index contributed by atoms with van der Waals surface area (Å²) in [6.45, 7) is 4.45. The average Bonchev–Trinajstić information content (AvgIpc) is 2.92. The highest BCUT2D eigenvalue weighted by atomic mass is 16.2.